The van der Waals surface area contributed by atoms with Crippen molar-refractivity contribution in [2.75, 3.05) is 18.9 Å². The Morgan fingerprint density at radius 2 is 1.73 bits per heavy atom. The van der Waals surface area contributed by atoms with Gasteiger partial charge in [0.25, 0.3) is 0 Å². The highest BCUT2D eigenvalue weighted by molar-refractivity contribution is 7.48. The number of aromatic nitrogens is 3. The van der Waals surface area contributed by atoms with Crippen molar-refractivity contribution in [3.63, 3.8) is 0 Å². The Morgan fingerprint density at radius 3 is 2.39 bits per heavy atom. The van der Waals surface area contributed by atoms with E-state index in [1.54, 1.807) is 18.2 Å². The maximum atomic E-state index is 13.9. The molecule has 0 amide bonds. The van der Waals surface area contributed by atoms with Gasteiger partial charge in [0.1, 0.15) is 36.2 Å². The number of aliphatic hydroxyl groups excluding tert-OH is 2. The molecule has 2 aromatic heterocycles. The summed E-state index contributed by atoms with van der Waals surface area (Å²) in [5.74, 6) is 0.152. The highest BCUT2D eigenvalue weighted by Gasteiger charge is 2.58. The molecule has 3 heterocycles. The van der Waals surface area contributed by atoms with Gasteiger partial charge >= 0.3 is 7.82 Å². The van der Waals surface area contributed by atoms with Gasteiger partial charge in [0.2, 0.25) is 5.60 Å². The maximum absolute atomic E-state index is 13.9. The molecule has 14 heteroatoms. The number of phosphoric acid groups is 1. The number of nitrogens with zero attached hydrogens (tertiary/aromatic N) is 4. The zero-order valence-electron chi connectivity index (χ0n) is 24.0. The van der Waals surface area contributed by atoms with Gasteiger partial charge in [-0.25, -0.2) is 14.1 Å². The third-order valence-corrected chi connectivity index (χ3v) is 8.69. The quantitative estimate of drug-likeness (QED) is 0.174. The number of hydrogen-bond donors (Lipinski definition) is 3. The number of anilines is 1. The van der Waals surface area contributed by atoms with Crippen LogP contribution in [0.5, 0.6) is 0 Å². The molecule has 0 aliphatic carbocycles. The molecule has 13 nitrogen and oxygen atoms in total. The molecule has 4 N–H and O–H groups in total. The van der Waals surface area contributed by atoms with E-state index in [1.165, 1.54) is 16.9 Å². The highest BCUT2D eigenvalue weighted by atomic mass is 31.2. The molecule has 6 atom stereocenters. The van der Waals surface area contributed by atoms with E-state index in [9.17, 15) is 20.0 Å². The summed E-state index contributed by atoms with van der Waals surface area (Å²) in [4.78, 5) is 3.93. The third-order valence-electron chi connectivity index (χ3n) is 7.32. The van der Waals surface area contributed by atoms with E-state index >= 15 is 0 Å². The summed E-state index contributed by atoms with van der Waals surface area (Å²) in [5.41, 5.74) is 6.08. The normalized spacial score (nSPS) is 23.7. The number of nitrogens with two attached hydrogens (primary N) is 1. The van der Waals surface area contributed by atoms with Crippen LogP contribution in [0.1, 0.15) is 30.2 Å². The molecule has 1 aliphatic heterocycles. The van der Waals surface area contributed by atoms with E-state index in [0.717, 1.165) is 11.1 Å². The fraction of sp³-hybridized carbons (Fsp3) is 0.367. The average molecular weight is 624 g/mol. The molecule has 0 saturated carbocycles. The molecule has 0 bridgehead atoms. The van der Waals surface area contributed by atoms with Crippen LogP contribution >= 0.6 is 7.82 Å². The van der Waals surface area contributed by atoms with E-state index in [0.29, 0.717) is 18.5 Å². The predicted octanol–water partition coefficient (Wildman–Crippen LogP) is 3.50. The number of fused-ring (bicyclic) bond motifs is 1. The largest absolute Gasteiger partial charge is 0.475 e. The van der Waals surface area contributed by atoms with Crippen LogP contribution in [-0.2, 0) is 46.4 Å². The molecule has 5 rings (SSSR count). The summed E-state index contributed by atoms with van der Waals surface area (Å²) in [6, 6.07) is 23.7. The number of hydrogen-bond acceptors (Lipinski definition) is 12. The average Bonchev–Trinajstić information content (AvgIpc) is 3.60. The molecule has 0 spiro atoms. The maximum Gasteiger partial charge on any atom is 0.475 e. The van der Waals surface area contributed by atoms with Crippen molar-refractivity contribution in [3.8, 4) is 6.07 Å². The standard InChI is InChI=1S/C30H34N5O8P/c1-2-23(39-15-21-9-5-3-6-10-21)17-41-44(38,40-16-22-11-7-4-8-12-22)42-18-25-27(36)28(37)30(19-31,43-25)26-14-13-24-29(32)33-20-34-35(24)26/h3-14,20,23,25,27-28,36-37H,2,15-18H2,1H3,(H2,32,33,34)/t23-,25-,27?,28+,30+,44?/m1/s1. The van der Waals surface area contributed by atoms with Gasteiger partial charge in [-0.05, 0) is 29.7 Å². The molecule has 0 radical (unpaired) electrons. The van der Waals surface area contributed by atoms with E-state index in [-0.39, 0.29) is 24.7 Å². The van der Waals surface area contributed by atoms with Crippen LogP contribution in [0, 0.1) is 11.3 Å². The smallest absolute Gasteiger partial charge is 0.387 e. The van der Waals surface area contributed by atoms with Crippen molar-refractivity contribution in [1.29, 1.82) is 5.26 Å². The van der Waals surface area contributed by atoms with E-state index in [2.05, 4.69) is 10.1 Å². The van der Waals surface area contributed by atoms with Gasteiger partial charge in [-0.1, -0.05) is 67.6 Å². The summed E-state index contributed by atoms with van der Waals surface area (Å²) >= 11 is 0. The summed E-state index contributed by atoms with van der Waals surface area (Å²) in [6.45, 7) is 1.52. The Hall–Kier alpha value is -3.70. The van der Waals surface area contributed by atoms with Crippen molar-refractivity contribution in [3.05, 3.63) is 95.9 Å². The van der Waals surface area contributed by atoms with Crippen molar-refractivity contribution in [2.45, 2.75) is 56.6 Å². The minimum absolute atomic E-state index is 0.0874. The van der Waals surface area contributed by atoms with Crippen molar-refractivity contribution in [2.24, 2.45) is 0 Å². The van der Waals surface area contributed by atoms with Crippen molar-refractivity contribution >= 4 is 19.2 Å². The topological polar surface area (TPSA) is 184 Å². The predicted molar refractivity (Wildman–Crippen MR) is 158 cm³/mol. The second kappa shape index (κ2) is 13.9. The summed E-state index contributed by atoms with van der Waals surface area (Å²) < 4.78 is 44.2. The van der Waals surface area contributed by atoms with Crippen LogP contribution in [0.4, 0.5) is 5.82 Å². The van der Waals surface area contributed by atoms with Gasteiger partial charge in [0.15, 0.2) is 5.82 Å². The molecule has 2 aromatic carbocycles. The van der Waals surface area contributed by atoms with Gasteiger partial charge in [0, 0.05) is 0 Å². The van der Waals surface area contributed by atoms with Gasteiger partial charge in [-0.3, -0.25) is 13.6 Å². The number of nitriles is 1. The number of ether oxygens (including phenoxy) is 2. The van der Waals surface area contributed by atoms with E-state index < -0.39 is 44.4 Å². The molecule has 2 unspecified atom stereocenters. The van der Waals surface area contributed by atoms with Crippen LogP contribution in [0.15, 0.2) is 79.1 Å². The molecular formula is C30H34N5O8P. The van der Waals surface area contributed by atoms with Crippen molar-refractivity contribution in [1.82, 2.24) is 14.6 Å². The van der Waals surface area contributed by atoms with Crippen molar-refractivity contribution < 1.29 is 37.8 Å². The number of rotatable bonds is 14. The first-order valence-electron chi connectivity index (χ1n) is 14.1. The Labute approximate surface area is 254 Å². The van der Waals surface area contributed by atoms with Gasteiger partial charge in [-0.15, -0.1) is 0 Å². The monoisotopic (exact) mass is 623 g/mol. The molecular weight excluding hydrogens is 589 g/mol. The van der Waals surface area contributed by atoms with E-state index in [4.69, 9.17) is 28.8 Å². The second-order valence-electron chi connectivity index (χ2n) is 10.2. The first kappa shape index (κ1) is 31.7. The number of aliphatic hydroxyl groups is 2. The van der Waals surface area contributed by atoms with Gasteiger partial charge in [-0.2, -0.15) is 10.4 Å². The number of benzene rings is 2. The number of phosphoric ester groups is 1. The summed E-state index contributed by atoms with van der Waals surface area (Å²) in [7, 11) is -4.28. The third kappa shape index (κ3) is 6.83. The zero-order chi connectivity index (χ0) is 31.2. The second-order valence-corrected chi connectivity index (χ2v) is 11.9. The van der Waals surface area contributed by atoms with Crippen LogP contribution in [0.25, 0.3) is 5.52 Å². The Kier molecular flexibility index (Phi) is 10.1. The summed E-state index contributed by atoms with van der Waals surface area (Å²) in [6.07, 6.45) is -3.27. The molecule has 1 aliphatic rings. The molecule has 44 heavy (non-hydrogen) atoms. The first-order chi connectivity index (χ1) is 21.3. The van der Waals surface area contributed by atoms with E-state index in [1.807, 2.05) is 61.5 Å². The molecule has 1 fully saturated rings. The lowest BCUT2D eigenvalue weighted by molar-refractivity contribution is -0.0672. The SMILES string of the molecule is CC[C@H](COP(=O)(OCc1ccccc1)OC[C@H]1O[C@@](C#N)(c2ccc3c(N)ncnn23)[C@@H](O)C1O)OCc1ccccc1. The Balaban J connectivity index is 1.30. The lowest BCUT2D eigenvalue weighted by Gasteiger charge is -2.25. The summed E-state index contributed by atoms with van der Waals surface area (Å²) in [5, 5.41) is 36.3. The molecule has 1 saturated heterocycles. The Bertz CT molecular complexity index is 1620. The number of nitrogen functional groups attached to an aromatic ring is 1. The highest BCUT2D eigenvalue weighted by Crippen LogP contribution is 2.51. The van der Waals surface area contributed by atoms with Crippen LogP contribution in [0.3, 0.4) is 0 Å². The molecule has 4 aromatic rings. The fourth-order valence-corrected chi connectivity index (χ4v) is 6.01. The first-order valence-corrected chi connectivity index (χ1v) is 15.5. The Morgan fingerprint density at radius 1 is 1.05 bits per heavy atom. The minimum Gasteiger partial charge on any atom is -0.387 e. The van der Waals surface area contributed by atoms with Crippen LogP contribution in [0.2, 0.25) is 0 Å². The van der Waals surface area contributed by atoms with Gasteiger partial charge in [0.05, 0.1) is 38.2 Å². The lowest BCUT2D eigenvalue weighted by atomic mass is 9.92. The zero-order valence-corrected chi connectivity index (χ0v) is 24.9. The fourth-order valence-electron chi connectivity index (χ4n) is 4.80. The van der Waals surface area contributed by atoms with Crippen LogP contribution in [-0.4, -0.2) is 62.4 Å². The van der Waals surface area contributed by atoms with Gasteiger partial charge < -0.3 is 25.4 Å². The molecule has 232 valence electrons. The minimum atomic E-state index is -4.28. The van der Waals surface area contributed by atoms with Crippen LogP contribution < -0.4 is 5.73 Å². The lowest BCUT2D eigenvalue weighted by Crippen LogP contribution is -2.41.